The van der Waals surface area contributed by atoms with Gasteiger partial charge in [0.1, 0.15) is 0 Å². The van der Waals surface area contributed by atoms with Crippen LogP contribution in [0.15, 0.2) is 65.5 Å². The van der Waals surface area contributed by atoms with Crippen LogP contribution in [-0.4, -0.2) is 47.9 Å². The van der Waals surface area contributed by atoms with Gasteiger partial charge in [-0.2, -0.15) is 4.31 Å². The van der Waals surface area contributed by atoms with Crippen molar-refractivity contribution in [3.63, 3.8) is 0 Å². The minimum Gasteiger partial charge on any atom is -0.441 e. The van der Waals surface area contributed by atoms with E-state index < -0.39 is 10.0 Å². The van der Waals surface area contributed by atoms with Crippen LogP contribution < -0.4 is 5.32 Å². The quantitative estimate of drug-likeness (QED) is 0.458. The Morgan fingerprint density at radius 1 is 1.13 bits per heavy atom. The van der Waals surface area contributed by atoms with Gasteiger partial charge in [-0.1, -0.05) is 36.4 Å². The van der Waals surface area contributed by atoms with Gasteiger partial charge in [0.05, 0.1) is 12.5 Å². The lowest BCUT2D eigenvalue weighted by Crippen LogP contribution is -2.33. The Kier molecular flexibility index (Phi) is 7.91. The molecule has 0 saturated heterocycles. The van der Waals surface area contributed by atoms with Crippen LogP contribution in [0.25, 0.3) is 11.3 Å². The van der Waals surface area contributed by atoms with E-state index in [4.69, 9.17) is 4.42 Å². The average molecular weight is 443 g/mol. The van der Waals surface area contributed by atoms with Gasteiger partial charge >= 0.3 is 0 Å². The topological polar surface area (TPSA) is 105 Å². The summed E-state index contributed by atoms with van der Waals surface area (Å²) in [7, 11) is -3.36. The van der Waals surface area contributed by atoms with Gasteiger partial charge in [-0.15, -0.1) is 0 Å². The zero-order valence-electron chi connectivity index (χ0n) is 17.4. The number of amides is 1. The van der Waals surface area contributed by atoms with Crippen LogP contribution >= 0.6 is 0 Å². The second-order valence-electron chi connectivity index (χ2n) is 7.15. The highest BCUT2D eigenvalue weighted by Gasteiger charge is 2.17. The molecule has 0 aliphatic heterocycles. The highest BCUT2D eigenvalue weighted by atomic mass is 32.2. The molecule has 2 heterocycles. The van der Waals surface area contributed by atoms with Crippen molar-refractivity contribution >= 4 is 15.9 Å². The number of benzene rings is 1. The molecule has 9 heteroatoms. The average Bonchev–Trinajstić information content (AvgIpc) is 3.24. The van der Waals surface area contributed by atoms with Crippen molar-refractivity contribution in [1.29, 1.82) is 0 Å². The van der Waals surface area contributed by atoms with Crippen LogP contribution in [0.1, 0.15) is 24.3 Å². The Hall–Kier alpha value is -3.04. The Labute approximate surface area is 182 Å². The van der Waals surface area contributed by atoms with E-state index in [0.29, 0.717) is 37.6 Å². The second-order valence-corrected chi connectivity index (χ2v) is 9.13. The molecule has 1 N–H and O–H groups in total. The van der Waals surface area contributed by atoms with Crippen molar-refractivity contribution in [2.75, 3.05) is 19.3 Å². The summed E-state index contributed by atoms with van der Waals surface area (Å²) in [5, 5.41) is 2.82. The summed E-state index contributed by atoms with van der Waals surface area (Å²) in [4.78, 5) is 20.3. The molecular weight excluding hydrogens is 416 g/mol. The van der Waals surface area contributed by atoms with Gasteiger partial charge in [-0.25, -0.2) is 13.4 Å². The Balaban J connectivity index is 1.40. The number of aryl methyl sites for hydroxylation is 1. The van der Waals surface area contributed by atoms with Gasteiger partial charge in [0.2, 0.25) is 15.9 Å². The molecule has 0 aliphatic carbocycles. The molecule has 0 aliphatic rings. The molecule has 0 spiro atoms. The standard InChI is InChI=1S/C22H26N4O4S/c1-31(28,29)26(17-18-7-5-12-23-15-18)14-6-13-24-21(27)10-11-22-25-16-20(30-22)19-8-3-2-4-9-19/h2-5,7-9,12,15-16H,6,10-11,13-14,17H2,1H3,(H,24,27). The molecule has 0 atom stereocenters. The first-order valence-electron chi connectivity index (χ1n) is 10.0. The third-order valence-corrected chi connectivity index (χ3v) is 5.88. The predicted octanol–water partition coefficient (Wildman–Crippen LogP) is 2.64. The Morgan fingerprint density at radius 3 is 2.65 bits per heavy atom. The van der Waals surface area contributed by atoms with Crippen molar-refractivity contribution in [1.82, 2.24) is 19.6 Å². The highest BCUT2D eigenvalue weighted by molar-refractivity contribution is 7.88. The van der Waals surface area contributed by atoms with E-state index in [1.54, 1.807) is 24.7 Å². The van der Waals surface area contributed by atoms with E-state index >= 15 is 0 Å². The van der Waals surface area contributed by atoms with Gasteiger partial charge in [-0.3, -0.25) is 9.78 Å². The minimum absolute atomic E-state index is 0.127. The van der Waals surface area contributed by atoms with E-state index in [-0.39, 0.29) is 18.9 Å². The van der Waals surface area contributed by atoms with Crippen LogP contribution in [0.3, 0.4) is 0 Å². The second kappa shape index (κ2) is 10.8. The fourth-order valence-corrected chi connectivity index (χ4v) is 3.86. The third kappa shape index (κ3) is 7.30. The minimum atomic E-state index is -3.36. The van der Waals surface area contributed by atoms with Crippen molar-refractivity contribution < 1.29 is 17.6 Å². The third-order valence-electron chi connectivity index (χ3n) is 4.63. The molecule has 0 saturated carbocycles. The summed E-state index contributed by atoms with van der Waals surface area (Å²) in [6.45, 7) is 0.960. The lowest BCUT2D eigenvalue weighted by atomic mass is 10.2. The van der Waals surface area contributed by atoms with Crippen molar-refractivity contribution in [2.24, 2.45) is 0 Å². The maximum Gasteiger partial charge on any atom is 0.220 e. The molecule has 3 aromatic rings. The smallest absolute Gasteiger partial charge is 0.220 e. The fraction of sp³-hybridized carbons (Fsp3) is 0.318. The number of hydrogen-bond donors (Lipinski definition) is 1. The number of pyridine rings is 1. The molecule has 2 aromatic heterocycles. The summed E-state index contributed by atoms with van der Waals surface area (Å²) < 4.78 is 31.1. The first-order chi connectivity index (χ1) is 14.9. The van der Waals surface area contributed by atoms with Crippen LogP contribution in [0.2, 0.25) is 0 Å². The van der Waals surface area contributed by atoms with Gasteiger partial charge < -0.3 is 9.73 Å². The van der Waals surface area contributed by atoms with Crippen LogP contribution in [0, 0.1) is 0 Å². The first-order valence-corrected chi connectivity index (χ1v) is 11.9. The number of oxazole rings is 1. The van der Waals surface area contributed by atoms with Gasteiger partial charge in [0.25, 0.3) is 0 Å². The van der Waals surface area contributed by atoms with E-state index in [1.807, 2.05) is 36.4 Å². The van der Waals surface area contributed by atoms with Crippen LogP contribution in [0.5, 0.6) is 0 Å². The molecule has 0 fully saturated rings. The van der Waals surface area contributed by atoms with E-state index in [0.717, 1.165) is 11.1 Å². The molecule has 8 nitrogen and oxygen atoms in total. The zero-order valence-corrected chi connectivity index (χ0v) is 18.2. The van der Waals surface area contributed by atoms with Crippen molar-refractivity contribution in [3.8, 4) is 11.3 Å². The number of rotatable bonds is 11. The Bertz CT molecular complexity index is 1070. The maximum absolute atomic E-state index is 12.1. The zero-order chi connectivity index (χ0) is 22.1. The van der Waals surface area contributed by atoms with Crippen molar-refractivity contribution in [3.05, 3.63) is 72.5 Å². The highest BCUT2D eigenvalue weighted by Crippen LogP contribution is 2.20. The number of nitrogens with one attached hydrogen (secondary N) is 1. The Morgan fingerprint density at radius 2 is 1.94 bits per heavy atom. The summed E-state index contributed by atoms with van der Waals surface area (Å²) in [5.41, 5.74) is 1.75. The van der Waals surface area contributed by atoms with E-state index in [1.165, 1.54) is 10.6 Å². The van der Waals surface area contributed by atoms with E-state index in [2.05, 4.69) is 15.3 Å². The lowest BCUT2D eigenvalue weighted by Gasteiger charge is -2.20. The van der Waals surface area contributed by atoms with Crippen LogP contribution in [0.4, 0.5) is 0 Å². The number of carbonyl (C=O) groups is 1. The van der Waals surface area contributed by atoms with Crippen molar-refractivity contribution in [2.45, 2.75) is 25.8 Å². The normalized spacial score (nSPS) is 11.5. The molecule has 0 radical (unpaired) electrons. The number of hydrogen-bond acceptors (Lipinski definition) is 6. The molecule has 0 bridgehead atoms. The van der Waals surface area contributed by atoms with Gasteiger partial charge in [-0.05, 0) is 18.1 Å². The first kappa shape index (κ1) is 22.6. The van der Waals surface area contributed by atoms with E-state index in [9.17, 15) is 13.2 Å². The fourth-order valence-electron chi connectivity index (χ4n) is 3.01. The maximum atomic E-state index is 12.1. The summed E-state index contributed by atoms with van der Waals surface area (Å²) >= 11 is 0. The number of nitrogens with zero attached hydrogens (tertiary/aromatic N) is 3. The molecule has 3 rings (SSSR count). The molecule has 1 aromatic carbocycles. The molecule has 0 unspecified atom stereocenters. The monoisotopic (exact) mass is 442 g/mol. The largest absolute Gasteiger partial charge is 0.441 e. The molecule has 1 amide bonds. The summed E-state index contributed by atoms with van der Waals surface area (Å²) in [5.74, 6) is 1.05. The number of aromatic nitrogens is 2. The summed E-state index contributed by atoms with van der Waals surface area (Å²) in [6.07, 6.45) is 7.29. The molecule has 164 valence electrons. The molecule has 31 heavy (non-hydrogen) atoms. The van der Waals surface area contributed by atoms with Gasteiger partial charge in [0, 0.05) is 50.4 Å². The number of carbonyl (C=O) groups excluding carboxylic acids is 1. The SMILES string of the molecule is CS(=O)(=O)N(CCCNC(=O)CCc1ncc(-c2ccccc2)o1)Cc1cccnc1. The van der Waals surface area contributed by atoms with Gasteiger partial charge in [0.15, 0.2) is 11.7 Å². The lowest BCUT2D eigenvalue weighted by molar-refractivity contribution is -0.121. The number of sulfonamides is 1. The van der Waals surface area contributed by atoms with Crippen LogP contribution in [-0.2, 0) is 27.8 Å². The predicted molar refractivity (Wildman–Crippen MR) is 117 cm³/mol. The molecular formula is C22H26N4O4S. The summed E-state index contributed by atoms with van der Waals surface area (Å²) in [6, 6.07) is 13.3.